The Bertz CT molecular complexity index is 872. The van der Waals surface area contributed by atoms with Crippen LogP contribution >= 0.6 is 0 Å². The second kappa shape index (κ2) is 6.29. The average molecular weight is 352 g/mol. The first-order chi connectivity index (χ1) is 11.4. The van der Waals surface area contributed by atoms with E-state index in [1.54, 1.807) is 30.3 Å². The van der Waals surface area contributed by atoms with Gasteiger partial charge in [0.25, 0.3) is 0 Å². The van der Waals surface area contributed by atoms with Gasteiger partial charge in [0.15, 0.2) is 0 Å². The normalized spacial score (nSPS) is 18.2. The minimum atomic E-state index is -4.27. The zero-order valence-corrected chi connectivity index (χ0v) is 13.3. The number of anilines is 1. The van der Waals surface area contributed by atoms with E-state index in [1.165, 1.54) is 4.90 Å². The first-order valence-electron chi connectivity index (χ1n) is 7.19. The van der Waals surface area contributed by atoms with Crippen LogP contribution in [0.5, 0.6) is 0 Å². The van der Waals surface area contributed by atoms with Crippen molar-refractivity contribution in [3.8, 4) is 0 Å². The molecule has 2 aromatic rings. The first kappa shape index (κ1) is 16.5. The molecule has 1 aliphatic heterocycles. The number of sulfonamides is 1. The zero-order valence-electron chi connectivity index (χ0n) is 12.4. The van der Waals surface area contributed by atoms with Gasteiger partial charge < -0.3 is 4.90 Å². The summed E-state index contributed by atoms with van der Waals surface area (Å²) in [4.78, 5) is 12.8. The van der Waals surface area contributed by atoms with E-state index < -0.39 is 32.6 Å². The highest BCUT2D eigenvalue weighted by molar-refractivity contribution is 7.89. The van der Waals surface area contributed by atoms with Crippen LogP contribution in [0.15, 0.2) is 53.4 Å². The van der Waals surface area contributed by atoms with Crippen LogP contribution in [-0.2, 0) is 14.8 Å². The van der Waals surface area contributed by atoms with E-state index >= 15 is 0 Å². The molecule has 1 saturated heterocycles. The van der Waals surface area contributed by atoms with E-state index in [9.17, 15) is 22.0 Å². The number of para-hydroxylation sites is 1. The Morgan fingerprint density at radius 1 is 1.08 bits per heavy atom. The monoisotopic (exact) mass is 352 g/mol. The maximum absolute atomic E-state index is 13.7. The molecular formula is C16H14F2N2O3S. The van der Waals surface area contributed by atoms with Gasteiger partial charge in [-0.25, -0.2) is 21.9 Å². The van der Waals surface area contributed by atoms with Gasteiger partial charge in [0.2, 0.25) is 15.9 Å². The SMILES string of the molecule is O=C1C[C@H](NS(=O)(=O)c2cc(F)ccc2F)CN1c1ccccc1. The molecule has 1 heterocycles. The maximum atomic E-state index is 13.7. The number of nitrogens with one attached hydrogen (secondary N) is 1. The first-order valence-corrected chi connectivity index (χ1v) is 8.68. The number of hydrogen-bond donors (Lipinski definition) is 1. The molecule has 1 amide bonds. The summed E-state index contributed by atoms with van der Waals surface area (Å²) in [6, 6.07) is 10.3. The molecule has 0 aromatic heterocycles. The molecule has 1 fully saturated rings. The number of carbonyl (C=O) groups excluding carboxylic acids is 1. The summed E-state index contributed by atoms with van der Waals surface area (Å²) in [7, 11) is -4.27. The van der Waals surface area contributed by atoms with Crippen LogP contribution in [0.25, 0.3) is 0 Å². The number of carbonyl (C=O) groups is 1. The van der Waals surface area contributed by atoms with Crippen LogP contribution in [0.2, 0.25) is 0 Å². The van der Waals surface area contributed by atoms with Crippen molar-refractivity contribution in [3.63, 3.8) is 0 Å². The highest BCUT2D eigenvalue weighted by Crippen LogP contribution is 2.23. The second-order valence-electron chi connectivity index (χ2n) is 5.44. The van der Waals surface area contributed by atoms with Gasteiger partial charge in [0.1, 0.15) is 16.5 Å². The lowest BCUT2D eigenvalue weighted by Gasteiger charge is -2.17. The Morgan fingerprint density at radius 3 is 2.50 bits per heavy atom. The molecule has 24 heavy (non-hydrogen) atoms. The van der Waals surface area contributed by atoms with E-state index in [0.717, 1.165) is 12.1 Å². The van der Waals surface area contributed by atoms with Gasteiger partial charge >= 0.3 is 0 Å². The summed E-state index contributed by atoms with van der Waals surface area (Å²) in [6.07, 6.45) is -0.0505. The molecule has 2 aromatic carbocycles. The van der Waals surface area contributed by atoms with Crippen molar-refractivity contribution in [3.05, 3.63) is 60.2 Å². The number of rotatable bonds is 4. The van der Waals surface area contributed by atoms with Crippen LogP contribution in [0.1, 0.15) is 6.42 Å². The van der Waals surface area contributed by atoms with Gasteiger partial charge in [-0.1, -0.05) is 18.2 Å². The summed E-state index contributed by atoms with van der Waals surface area (Å²) < 4.78 is 53.7. The number of benzene rings is 2. The van der Waals surface area contributed by atoms with E-state index in [-0.39, 0.29) is 18.9 Å². The molecule has 3 rings (SSSR count). The van der Waals surface area contributed by atoms with Crippen LogP contribution in [0.4, 0.5) is 14.5 Å². The highest BCUT2D eigenvalue weighted by Gasteiger charge is 2.34. The summed E-state index contributed by atoms with van der Waals surface area (Å²) >= 11 is 0. The third-order valence-corrected chi connectivity index (χ3v) is 5.23. The fraction of sp³-hybridized carbons (Fsp3) is 0.188. The molecule has 8 heteroatoms. The van der Waals surface area contributed by atoms with Crippen molar-refractivity contribution < 1.29 is 22.0 Å². The number of halogens is 2. The number of amides is 1. The fourth-order valence-electron chi connectivity index (χ4n) is 2.61. The topological polar surface area (TPSA) is 66.5 Å². The van der Waals surface area contributed by atoms with Gasteiger partial charge in [0.05, 0.1) is 0 Å². The van der Waals surface area contributed by atoms with Crippen LogP contribution in [-0.4, -0.2) is 26.9 Å². The molecule has 0 saturated carbocycles. The Morgan fingerprint density at radius 2 is 1.79 bits per heavy atom. The van der Waals surface area contributed by atoms with Crippen molar-refractivity contribution in [2.45, 2.75) is 17.4 Å². The van der Waals surface area contributed by atoms with Crippen molar-refractivity contribution in [2.24, 2.45) is 0 Å². The Kier molecular flexibility index (Phi) is 4.33. The van der Waals surface area contributed by atoms with Gasteiger partial charge in [-0.15, -0.1) is 0 Å². The van der Waals surface area contributed by atoms with E-state index in [4.69, 9.17) is 0 Å². The highest BCUT2D eigenvalue weighted by atomic mass is 32.2. The lowest BCUT2D eigenvalue weighted by molar-refractivity contribution is -0.117. The molecule has 0 radical (unpaired) electrons. The fourth-order valence-corrected chi connectivity index (χ4v) is 3.93. The van der Waals surface area contributed by atoms with Gasteiger partial charge in [-0.05, 0) is 30.3 Å². The molecular weight excluding hydrogens is 338 g/mol. The van der Waals surface area contributed by atoms with Crippen molar-refractivity contribution in [1.29, 1.82) is 0 Å². The molecule has 0 unspecified atom stereocenters. The predicted octanol–water partition coefficient (Wildman–Crippen LogP) is 2.05. The molecule has 0 spiro atoms. The van der Waals surface area contributed by atoms with Crippen LogP contribution in [0.3, 0.4) is 0 Å². The number of nitrogens with zero attached hydrogens (tertiary/aromatic N) is 1. The smallest absolute Gasteiger partial charge is 0.243 e. The summed E-state index contributed by atoms with van der Waals surface area (Å²) in [5.74, 6) is -2.15. The third kappa shape index (κ3) is 3.29. The zero-order chi connectivity index (χ0) is 17.3. The Balaban J connectivity index is 1.79. The van der Waals surface area contributed by atoms with E-state index in [1.807, 2.05) is 0 Å². The molecule has 0 aliphatic carbocycles. The molecule has 1 N–H and O–H groups in total. The molecule has 126 valence electrons. The largest absolute Gasteiger partial charge is 0.311 e. The quantitative estimate of drug-likeness (QED) is 0.916. The third-order valence-electron chi connectivity index (χ3n) is 3.70. The lowest BCUT2D eigenvalue weighted by Crippen LogP contribution is -2.37. The molecule has 0 bridgehead atoms. The van der Waals surface area contributed by atoms with E-state index in [2.05, 4.69) is 4.72 Å². The standard InChI is InChI=1S/C16H14F2N2O3S/c17-11-6-7-14(18)15(8-11)24(22,23)19-12-9-16(21)20(10-12)13-4-2-1-3-5-13/h1-8,12,19H,9-10H2/t12-/m0/s1. The second-order valence-corrected chi connectivity index (χ2v) is 7.12. The summed E-state index contributed by atoms with van der Waals surface area (Å²) in [5, 5.41) is 0. The lowest BCUT2D eigenvalue weighted by atomic mass is 10.3. The summed E-state index contributed by atoms with van der Waals surface area (Å²) in [5.41, 5.74) is 0.654. The van der Waals surface area contributed by atoms with Gasteiger partial charge in [0, 0.05) is 24.7 Å². The minimum absolute atomic E-state index is 0.0505. The van der Waals surface area contributed by atoms with Gasteiger partial charge in [-0.3, -0.25) is 4.79 Å². The Hall–Kier alpha value is -2.32. The van der Waals surface area contributed by atoms with Gasteiger partial charge in [-0.2, -0.15) is 0 Å². The Labute approximate surface area is 138 Å². The van der Waals surface area contributed by atoms with Crippen molar-refractivity contribution in [2.75, 3.05) is 11.4 Å². The molecule has 1 aliphatic rings. The van der Waals surface area contributed by atoms with Crippen molar-refractivity contribution >= 4 is 21.6 Å². The number of hydrogen-bond acceptors (Lipinski definition) is 3. The van der Waals surface area contributed by atoms with Crippen LogP contribution < -0.4 is 9.62 Å². The predicted molar refractivity (Wildman–Crippen MR) is 83.9 cm³/mol. The molecule has 5 nitrogen and oxygen atoms in total. The summed E-state index contributed by atoms with van der Waals surface area (Å²) in [6.45, 7) is 0.124. The maximum Gasteiger partial charge on any atom is 0.243 e. The van der Waals surface area contributed by atoms with E-state index in [0.29, 0.717) is 11.8 Å². The molecule has 1 atom stereocenters. The minimum Gasteiger partial charge on any atom is -0.311 e. The van der Waals surface area contributed by atoms with Crippen molar-refractivity contribution in [1.82, 2.24) is 4.72 Å². The average Bonchev–Trinajstić information content (AvgIpc) is 2.90. The van der Waals surface area contributed by atoms with Crippen LogP contribution in [0, 0.1) is 11.6 Å².